The first kappa shape index (κ1) is 13.5. The summed E-state index contributed by atoms with van der Waals surface area (Å²) in [5.74, 6) is -1.77. The number of amides is 1. The molecule has 0 aliphatic rings. The van der Waals surface area contributed by atoms with E-state index in [9.17, 15) is 14.0 Å². The van der Waals surface area contributed by atoms with Crippen LogP contribution in [-0.4, -0.2) is 28.0 Å². The molecular weight excluding hydrogens is 245 g/mol. The summed E-state index contributed by atoms with van der Waals surface area (Å²) >= 11 is 1.03. The number of hydrogen-bond donors (Lipinski definition) is 2. The molecule has 1 amide bonds. The Morgan fingerprint density at radius 3 is 2.53 bits per heavy atom. The molecule has 2 N–H and O–H groups in total. The summed E-state index contributed by atoms with van der Waals surface area (Å²) in [4.78, 5) is 21.9. The second-order valence-electron chi connectivity index (χ2n) is 3.34. The number of anilines is 1. The fourth-order valence-electron chi connectivity index (χ4n) is 1.05. The molecule has 92 valence electrons. The fourth-order valence-corrected chi connectivity index (χ4v) is 1.65. The van der Waals surface area contributed by atoms with Crippen LogP contribution in [0.3, 0.4) is 0 Å². The van der Waals surface area contributed by atoms with Crippen molar-refractivity contribution in [2.24, 2.45) is 0 Å². The topological polar surface area (TPSA) is 66.4 Å². The van der Waals surface area contributed by atoms with E-state index < -0.39 is 11.2 Å². The Labute approximate surface area is 102 Å². The molecule has 1 aromatic carbocycles. The molecule has 4 nitrogen and oxygen atoms in total. The molecule has 0 heterocycles. The number of carboxylic acid groups (broad SMARTS) is 1. The summed E-state index contributed by atoms with van der Waals surface area (Å²) in [6.45, 7) is 1.62. The number of carbonyl (C=O) groups excluding carboxylic acids is 1. The monoisotopic (exact) mass is 257 g/mol. The van der Waals surface area contributed by atoms with Gasteiger partial charge in [0.15, 0.2) is 0 Å². The van der Waals surface area contributed by atoms with Gasteiger partial charge in [0.25, 0.3) is 0 Å². The summed E-state index contributed by atoms with van der Waals surface area (Å²) in [5, 5.41) is 10.6. The molecule has 1 aromatic rings. The Bertz CT molecular complexity index is 408. The van der Waals surface area contributed by atoms with Gasteiger partial charge < -0.3 is 10.4 Å². The van der Waals surface area contributed by atoms with Gasteiger partial charge in [-0.15, -0.1) is 11.8 Å². The van der Waals surface area contributed by atoms with Crippen molar-refractivity contribution < 1.29 is 19.1 Å². The first-order chi connectivity index (χ1) is 7.99. The van der Waals surface area contributed by atoms with Gasteiger partial charge in [-0.3, -0.25) is 9.59 Å². The van der Waals surface area contributed by atoms with E-state index in [0.717, 1.165) is 11.8 Å². The van der Waals surface area contributed by atoms with Crippen LogP contribution in [0.25, 0.3) is 0 Å². The highest BCUT2D eigenvalue weighted by molar-refractivity contribution is 8.01. The Hall–Kier alpha value is -1.56. The number of halogens is 1. The van der Waals surface area contributed by atoms with Crippen LogP contribution < -0.4 is 5.32 Å². The van der Waals surface area contributed by atoms with E-state index in [0.29, 0.717) is 5.69 Å². The molecule has 1 atom stereocenters. The second kappa shape index (κ2) is 6.24. The third-order valence-corrected chi connectivity index (χ3v) is 3.07. The molecule has 6 heteroatoms. The lowest BCUT2D eigenvalue weighted by molar-refractivity contribution is -0.133. The minimum Gasteiger partial charge on any atom is -0.481 e. The summed E-state index contributed by atoms with van der Waals surface area (Å²) in [7, 11) is 0. The molecule has 1 unspecified atom stereocenters. The van der Waals surface area contributed by atoms with Gasteiger partial charge in [0.2, 0.25) is 5.91 Å². The average Bonchev–Trinajstić information content (AvgIpc) is 2.28. The van der Waals surface area contributed by atoms with Crippen molar-refractivity contribution in [1.29, 1.82) is 0 Å². The molecule has 0 spiro atoms. The largest absolute Gasteiger partial charge is 0.481 e. The summed E-state index contributed by atoms with van der Waals surface area (Å²) in [6.07, 6.45) is 0. The van der Waals surface area contributed by atoms with Crippen molar-refractivity contribution in [1.82, 2.24) is 0 Å². The Balaban J connectivity index is 2.48. The van der Waals surface area contributed by atoms with Crippen molar-refractivity contribution in [3.05, 3.63) is 30.1 Å². The van der Waals surface area contributed by atoms with Crippen LogP contribution in [0, 0.1) is 5.82 Å². The van der Waals surface area contributed by atoms with Gasteiger partial charge in [-0.05, 0) is 31.2 Å². The number of carboxylic acids is 1. The molecule has 0 saturated carbocycles. The number of rotatable bonds is 5. The van der Waals surface area contributed by atoms with Gasteiger partial charge in [-0.1, -0.05) is 0 Å². The maximum absolute atomic E-state index is 12.6. The molecule has 17 heavy (non-hydrogen) atoms. The zero-order valence-electron chi connectivity index (χ0n) is 9.14. The van der Waals surface area contributed by atoms with Gasteiger partial charge in [0.05, 0.1) is 11.0 Å². The van der Waals surface area contributed by atoms with Crippen LogP contribution in [0.15, 0.2) is 24.3 Å². The second-order valence-corrected chi connectivity index (χ2v) is 4.67. The summed E-state index contributed by atoms with van der Waals surface area (Å²) in [6, 6.07) is 5.37. The van der Waals surface area contributed by atoms with Crippen LogP contribution in [0.4, 0.5) is 10.1 Å². The molecule has 0 bridgehead atoms. The normalized spacial score (nSPS) is 11.9. The van der Waals surface area contributed by atoms with Crippen molar-refractivity contribution in [3.63, 3.8) is 0 Å². The third-order valence-electron chi connectivity index (χ3n) is 1.94. The molecular formula is C11H12FNO3S. The van der Waals surface area contributed by atoms with E-state index in [1.807, 2.05) is 0 Å². The number of aliphatic carboxylic acids is 1. The highest BCUT2D eigenvalue weighted by atomic mass is 32.2. The van der Waals surface area contributed by atoms with Gasteiger partial charge in [-0.25, -0.2) is 4.39 Å². The van der Waals surface area contributed by atoms with Crippen LogP contribution in [0.5, 0.6) is 0 Å². The lowest BCUT2D eigenvalue weighted by Crippen LogP contribution is -2.23. The van der Waals surface area contributed by atoms with E-state index in [4.69, 9.17) is 5.11 Å². The van der Waals surface area contributed by atoms with Gasteiger partial charge in [0.1, 0.15) is 5.82 Å². The van der Waals surface area contributed by atoms with Crippen LogP contribution >= 0.6 is 11.8 Å². The molecule has 0 fully saturated rings. The minimum absolute atomic E-state index is 0.127. The van der Waals surface area contributed by atoms with E-state index in [2.05, 4.69) is 5.32 Å². The molecule has 0 radical (unpaired) electrons. The average molecular weight is 257 g/mol. The number of carbonyl (C=O) groups is 2. The standard InChI is InChI=1S/C11H12FNO3S/c1-7(17-6-10(14)15)11(16)13-9-4-2-8(12)3-5-9/h2-5,7H,6H2,1H3,(H,13,16)(H,14,15). The smallest absolute Gasteiger partial charge is 0.313 e. The number of nitrogens with one attached hydrogen (secondary N) is 1. The quantitative estimate of drug-likeness (QED) is 0.846. The Morgan fingerprint density at radius 1 is 1.41 bits per heavy atom. The van der Waals surface area contributed by atoms with Crippen LogP contribution in [0.1, 0.15) is 6.92 Å². The number of benzene rings is 1. The minimum atomic E-state index is -0.962. The third kappa shape index (κ3) is 4.86. The van der Waals surface area contributed by atoms with E-state index in [-0.39, 0.29) is 17.5 Å². The Morgan fingerprint density at radius 2 is 2.00 bits per heavy atom. The number of hydrogen-bond acceptors (Lipinski definition) is 3. The predicted molar refractivity (Wildman–Crippen MR) is 64.6 cm³/mol. The molecule has 1 rings (SSSR count). The van der Waals surface area contributed by atoms with Gasteiger partial charge in [0, 0.05) is 5.69 Å². The van der Waals surface area contributed by atoms with E-state index >= 15 is 0 Å². The zero-order valence-corrected chi connectivity index (χ0v) is 9.96. The van der Waals surface area contributed by atoms with Gasteiger partial charge in [-0.2, -0.15) is 0 Å². The maximum Gasteiger partial charge on any atom is 0.313 e. The van der Waals surface area contributed by atoms with E-state index in [1.54, 1.807) is 6.92 Å². The first-order valence-corrected chi connectivity index (χ1v) is 5.93. The van der Waals surface area contributed by atoms with Crippen molar-refractivity contribution >= 4 is 29.3 Å². The van der Waals surface area contributed by atoms with Gasteiger partial charge >= 0.3 is 5.97 Å². The highest BCUT2D eigenvalue weighted by Gasteiger charge is 2.14. The zero-order chi connectivity index (χ0) is 12.8. The number of thioether (sulfide) groups is 1. The maximum atomic E-state index is 12.6. The van der Waals surface area contributed by atoms with Crippen molar-refractivity contribution in [2.45, 2.75) is 12.2 Å². The molecule has 0 saturated heterocycles. The Kier molecular flexibility index (Phi) is 4.96. The lowest BCUT2D eigenvalue weighted by Gasteiger charge is -2.10. The predicted octanol–water partition coefficient (Wildman–Crippen LogP) is 1.97. The fraction of sp³-hybridized carbons (Fsp3) is 0.273. The summed E-state index contributed by atoms with van der Waals surface area (Å²) in [5.41, 5.74) is 0.485. The molecule has 0 aliphatic carbocycles. The van der Waals surface area contributed by atoms with Crippen LogP contribution in [0.2, 0.25) is 0 Å². The van der Waals surface area contributed by atoms with Crippen LogP contribution in [-0.2, 0) is 9.59 Å². The molecule has 0 aromatic heterocycles. The first-order valence-electron chi connectivity index (χ1n) is 4.89. The van der Waals surface area contributed by atoms with Crippen molar-refractivity contribution in [3.8, 4) is 0 Å². The highest BCUT2D eigenvalue weighted by Crippen LogP contribution is 2.14. The lowest BCUT2D eigenvalue weighted by atomic mass is 10.3. The van der Waals surface area contributed by atoms with E-state index in [1.165, 1.54) is 24.3 Å². The molecule has 0 aliphatic heterocycles. The SMILES string of the molecule is CC(SCC(=O)O)C(=O)Nc1ccc(F)cc1. The summed E-state index contributed by atoms with van der Waals surface area (Å²) < 4.78 is 12.6. The van der Waals surface area contributed by atoms with Crippen molar-refractivity contribution in [2.75, 3.05) is 11.1 Å².